The molecule has 2 N–H and O–H groups in total. The molecular formula is C15H29NO3. The summed E-state index contributed by atoms with van der Waals surface area (Å²) in [6, 6.07) is 0. The van der Waals surface area contributed by atoms with Gasteiger partial charge in [0.2, 0.25) is 0 Å². The van der Waals surface area contributed by atoms with E-state index in [9.17, 15) is 9.90 Å². The quantitative estimate of drug-likeness (QED) is 0.665. The third kappa shape index (κ3) is 5.11. The first-order chi connectivity index (χ1) is 8.98. The van der Waals surface area contributed by atoms with Crippen molar-refractivity contribution in [3.63, 3.8) is 0 Å². The van der Waals surface area contributed by atoms with Gasteiger partial charge in [0.05, 0.1) is 5.41 Å². The number of carboxylic acid groups (broad SMARTS) is 1. The van der Waals surface area contributed by atoms with E-state index < -0.39 is 11.4 Å². The third-order valence-corrected chi connectivity index (χ3v) is 4.46. The Balaban J connectivity index is 2.32. The van der Waals surface area contributed by atoms with Crippen LogP contribution in [0.5, 0.6) is 0 Å². The molecule has 0 aromatic heterocycles. The van der Waals surface area contributed by atoms with Crippen molar-refractivity contribution in [1.29, 1.82) is 0 Å². The molecule has 0 aromatic carbocycles. The largest absolute Gasteiger partial charge is 0.481 e. The number of carbonyl (C=O) groups is 1. The second-order valence-electron chi connectivity index (χ2n) is 6.30. The number of aliphatic carboxylic acids is 1. The van der Waals surface area contributed by atoms with Crippen molar-refractivity contribution in [2.45, 2.75) is 52.4 Å². The Morgan fingerprint density at radius 3 is 2.58 bits per heavy atom. The number of hydrogen-bond donors (Lipinski definition) is 2. The van der Waals surface area contributed by atoms with Crippen molar-refractivity contribution in [3.8, 4) is 0 Å². The Labute approximate surface area is 116 Å². The summed E-state index contributed by atoms with van der Waals surface area (Å²) in [5.41, 5.74) is -0.616. The maximum atomic E-state index is 11.3. The van der Waals surface area contributed by atoms with Crippen LogP contribution in [-0.2, 0) is 4.79 Å². The van der Waals surface area contributed by atoms with Crippen LogP contribution in [0.25, 0.3) is 0 Å². The van der Waals surface area contributed by atoms with E-state index in [0.29, 0.717) is 6.61 Å². The highest BCUT2D eigenvalue weighted by Crippen LogP contribution is 2.34. The molecule has 1 rings (SSSR count). The van der Waals surface area contributed by atoms with Gasteiger partial charge in [0, 0.05) is 13.2 Å². The lowest BCUT2D eigenvalue weighted by Gasteiger charge is -2.39. The van der Waals surface area contributed by atoms with Crippen LogP contribution in [0.1, 0.15) is 52.4 Å². The van der Waals surface area contributed by atoms with Gasteiger partial charge in [-0.3, -0.25) is 4.79 Å². The van der Waals surface area contributed by atoms with Crippen LogP contribution >= 0.6 is 0 Å². The highest BCUT2D eigenvalue weighted by atomic mass is 16.4. The maximum absolute atomic E-state index is 11.3. The molecule has 4 heteroatoms. The Kier molecular flexibility index (Phi) is 6.80. The molecule has 112 valence electrons. The molecular weight excluding hydrogens is 242 g/mol. The number of rotatable bonds is 8. The van der Waals surface area contributed by atoms with E-state index in [4.69, 9.17) is 5.11 Å². The zero-order valence-corrected chi connectivity index (χ0v) is 12.4. The average Bonchev–Trinajstić information content (AvgIpc) is 2.38. The highest BCUT2D eigenvalue weighted by molar-refractivity contribution is 5.74. The van der Waals surface area contributed by atoms with Gasteiger partial charge in [0.25, 0.3) is 0 Å². The Morgan fingerprint density at radius 1 is 1.26 bits per heavy atom. The second kappa shape index (κ2) is 7.85. The standard InChI is InChI=1S/C15H29NO3/c1-15(2,14(18)19)13-8-7-10-16(12-13)9-5-3-4-6-11-17/h13,17H,3-12H2,1-2H3,(H,18,19). The van der Waals surface area contributed by atoms with Crippen LogP contribution in [-0.4, -0.2) is 47.3 Å². The Morgan fingerprint density at radius 2 is 1.95 bits per heavy atom. The fourth-order valence-corrected chi connectivity index (χ4v) is 2.82. The maximum Gasteiger partial charge on any atom is 0.309 e. The lowest BCUT2D eigenvalue weighted by molar-refractivity contribution is -0.151. The van der Waals surface area contributed by atoms with Crippen molar-refractivity contribution in [2.75, 3.05) is 26.2 Å². The van der Waals surface area contributed by atoms with Gasteiger partial charge in [0.15, 0.2) is 0 Å². The minimum Gasteiger partial charge on any atom is -0.481 e. The van der Waals surface area contributed by atoms with Crippen LogP contribution in [0.2, 0.25) is 0 Å². The number of carboxylic acids is 1. The van der Waals surface area contributed by atoms with E-state index in [1.54, 1.807) is 0 Å². The van der Waals surface area contributed by atoms with Crippen molar-refractivity contribution >= 4 is 5.97 Å². The lowest BCUT2D eigenvalue weighted by atomic mass is 9.74. The number of likely N-dealkylation sites (tertiary alicyclic amines) is 1. The molecule has 19 heavy (non-hydrogen) atoms. The fraction of sp³-hybridized carbons (Fsp3) is 0.933. The predicted molar refractivity (Wildman–Crippen MR) is 76.1 cm³/mol. The molecule has 0 saturated carbocycles. The van der Waals surface area contributed by atoms with E-state index in [-0.39, 0.29) is 5.92 Å². The van der Waals surface area contributed by atoms with Gasteiger partial charge in [-0.15, -0.1) is 0 Å². The van der Waals surface area contributed by atoms with E-state index in [2.05, 4.69) is 4.90 Å². The minimum absolute atomic E-state index is 0.260. The van der Waals surface area contributed by atoms with Crippen LogP contribution in [0.15, 0.2) is 0 Å². The Bertz CT molecular complexity index is 279. The summed E-state index contributed by atoms with van der Waals surface area (Å²) < 4.78 is 0. The molecule has 0 bridgehead atoms. The summed E-state index contributed by atoms with van der Waals surface area (Å²) in [6.45, 7) is 7.08. The number of hydrogen-bond acceptors (Lipinski definition) is 3. The molecule has 1 aliphatic heterocycles. The summed E-state index contributed by atoms with van der Waals surface area (Å²) in [7, 11) is 0. The van der Waals surface area contributed by atoms with Gasteiger partial charge in [-0.2, -0.15) is 0 Å². The van der Waals surface area contributed by atoms with Crippen molar-refractivity contribution in [1.82, 2.24) is 4.90 Å². The van der Waals surface area contributed by atoms with Crippen molar-refractivity contribution < 1.29 is 15.0 Å². The summed E-state index contributed by atoms with van der Waals surface area (Å²) in [4.78, 5) is 13.7. The van der Waals surface area contributed by atoms with Gasteiger partial charge in [-0.05, 0) is 58.5 Å². The summed E-state index contributed by atoms with van der Waals surface area (Å²) in [6.07, 6.45) is 6.44. The Hall–Kier alpha value is -0.610. The molecule has 0 amide bonds. The van der Waals surface area contributed by atoms with Gasteiger partial charge in [-0.1, -0.05) is 12.8 Å². The monoisotopic (exact) mass is 271 g/mol. The number of nitrogens with zero attached hydrogens (tertiary/aromatic N) is 1. The fourth-order valence-electron chi connectivity index (χ4n) is 2.82. The van der Waals surface area contributed by atoms with E-state index in [1.807, 2.05) is 13.8 Å². The number of aliphatic hydroxyl groups is 1. The molecule has 0 aliphatic carbocycles. The predicted octanol–water partition coefficient (Wildman–Crippen LogP) is 2.36. The molecule has 1 aliphatic rings. The molecule has 0 aromatic rings. The first kappa shape index (κ1) is 16.4. The van der Waals surface area contributed by atoms with Crippen LogP contribution in [0.3, 0.4) is 0 Å². The SMILES string of the molecule is CC(C)(C(=O)O)C1CCCN(CCCCCCO)C1. The zero-order valence-electron chi connectivity index (χ0n) is 12.4. The summed E-state index contributed by atoms with van der Waals surface area (Å²) >= 11 is 0. The lowest BCUT2D eigenvalue weighted by Crippen LogP contribution is -2.44. The van der Waals surface area contributed by atoms with Gasteiger partial charge in [-0.25, -0.2) is 0 Å². The molecule has 1 saturated heterocycles. The van der Waals surface area contributed by atoms with E-state index in [0.717, 1.165) is 58.2 Å². The number of unbranched alkanes of at least 4 members (excludes halogenated alkanes) is 3. The molecule has 0 radical (unpaired) electrons. The highest BCUT2D eigenvalue weighted by Gasteiger charge is 2.38. The molecule has 1 atom stereocenters. The smallest absolute Gasteiger partial charge is 0.309 e. The third-order valence-electron chi connectivity index (χ3n) is 4.46. The molecule has 1 unspecified atom stereocenters. The number of aliphatic hydroxyl groups excluding tert-OH is 1. The zero-order chi connectivity index (χ0) is 14.3. The van der Waals surface area contributed by atoms with Crippen LogP contribution < -0.4 is 0 Å². The number of piperidine rings is 1. The topological polar surface area (TPSA) is 60.8 Å². The van der Waals surface area contributed by atoms with Crippen LogP contribution in [0, 0.1) is 11.3 Å². The normalized spacial score (nSPS) is 21.5. The summed E-state index contributed by atoms with van der Waals surface area (Å²) in [5.74, 6) is -0.418. The second-order valence-corrected chi connectivity index (χ2v) is 6.30. The summed E-state index contributed by atoms with van der Waals surface area (Å²) in [5, 5.41) is 18.0. The van der Waals surface area contributed by atoms with Crippen LogP contribution in [0.4, 0.5) is 0 Å². The van der Waals surface area contributed by atoms with Crippen molar-refractivity contribution in [2.24, 2.45) is 11.3 Å². The minimum atomic E-state index is -0.678. The molecule has 1 fully saturated rings. The average molecular weight is 271 g/mol. The van der Waals surface area contributed by atoms with Gasteiger partial charge in [0.1, 0.15) is 0 Å². The molecule has 0 spiro atoms. The van der Waals surface area contributed by atoms with Crippen molar-refractivity contribution in [3.05, 3.63) is 0 Å². The van der Waals surface area contributed by atoms with Gasteiger partial charge < -0.3 is 15.1 Å². The molecule has 4 nitrogen and oxygen atoms in total. The van der Waals surface area contributed by atoms with Gasteiger partial charge >= 0.3 is 5.97 Å². The first-order valence-electron chi connectivity index (χ1n) is 7.55. The first-order valence-corrected chi connectivity index (χ1v) is 7.55. The van der Waals surface area contributed by atoms with E-state index in [1.165, 1.54) is 0 Å². The molecule has 1 heterocycles. The van der Waals surface area contributed by atoms with E-state index >= 15 is 0 Å².